The smallest absolute Gasteiger partial charge is 0.292 e. The van der Waals surface area contributed by atoms with E-state index in [4.69, 9.17) is 0 Å². The monoisotopic (exact) mass is 1510 g/mol. The molecule has 598 valence electrons. The van der Waals surface area contributed by atoms with Gasteiger partial charge in [-0.2, -0.15) is 0 Å². The number of likely N-dealkylation sites (tertiary alicyclic amines) is 1. The Hall–Kier alpha value is -9.35. The zero-order valence-electron chi connectivity index (χ0n) is 66.2. The number of fused-ring (bicyclic) bond motifs is 1. The van der Waals surface area contributed by atoms with Crippen LogP contribution in [0.3, 0.4) is 0 Å². The summed E-state index contributed by atoms with van der Waals surface area (Å²) in [5.74, 6) is -14.5. The summed E-state index contributed by atoms with van der Waals surface area (Å²) in [6, 6.07) is 0.515. The number of nitrogens with zero attached hydrogens (tertiary/aromatic N) is 6. The predicted molar refractivity (Wildman–Crippen MR) is 404 cm³/mol. The van der Waals surface area contributed by atoms with Gasteiger partial charge >= 0.3 is 0 Å². The fourth-order valence-corrected chi connectivity index (χ4v) is 13.9. The molecular formula is C78H120N14O16. The maximum Gasteiger partial charge on any atom is 0.292 e. The molecule has 0 aromatic heterocycles. The first-order valence-corrected chi connectivity index (χ1v) is 38.1. The lowest BCUT2D eigenvalue weighted by molar-refractivity contribution is -0.150. The molecule has 3 aliphatic rings. The molecule has 14 atom stereocenters. The third-order valence-electron chi connectivity index (χ3n) is 20.4. The van der Waals surface area contributed by atoms with Crippen LogP contribution in [0.4, 0.5) is 0 Å². The summed E-state index contributed by atoms with van der Waals surface area (Å²) < 4.78 is 0. The summed E-state index contributed by atoms with van der Waals surface area (Å²) in [7, 11) is 5.45. The third-order valence-corrected chi connectivity index (χ3v) is 20.4. The van der Waals surface area contributed by atoms with Crippen molar-refractivity contribution in [1.82, 2.24) is 71.9 Å². The van der Waals surface area contributed by atoms with Crippen LogP contribution < -0.4 is 42.5 Å². The molecule has 108 heavy (non-hydrogen) atoms. The minimum Gasteiger partial charge on any atom is -0.391 e. The molecule has 0 unspecified atom stereocenters. The lowest BCUT2D eigenvalue weighted by Gasteiger charge is -2.37. The van der Waals surface area contributed by atoms with Crippen LogP contribution in [0.5, 0.6) is 0 Å². The Morgan fingerprint density at radius 2 is 1.01 bits per heavy atom. The van der Waals surface area contributed by atoms with E-state index in [1.807, 2.05) is 27.7 Å². The van der Waals surface area contributed by atoms with E-state index in [0.29, 0.717) is 43.5 Å². The van der Waals surface area contributed by atoms with Gasteiger partial charge in [-0.15, -0.1) is 0 Å². The summed E-state index contributed by atoms with van der Waals surface area (Å²) in [6.45, 7) is 21.5. The molecular weight excluding hydrogens is 1390 g/mol. The Morgan fingerprint density at radius 1 is 0.491 bits per heavy atom. The van der Waals surface area contributed by atoms with E-state index in [0.717, 1.165) is 21.1 Å². The molecule has 9 N–H and O–H groups in total. The number of carbonyl (C=O) groups is 15. The number of benzene rings is 2. The van der Waals surface area contributed by atoms with Crippen LogP contribution in [0, 0.1) is 29.6 Å². The van der Waals surface area contributed by atoms with Crippen LogP contribution in [0.2, 0.25) is 0 Å². The standard InChI is InChI=1S/C78H120N14O16/c1-18-48(10)63-72(102)82-54(40-52-29-22-19-23-30-52)66(96)78(108)92-36-28-33-57(92)69(99)86-64(51(13)93)77(107)88(15)58(38-45(4)5)70(100)84-56(75(105)91-34-26-21-27-35-91)42-61(94)80-49(11)67(97)79-43-62(95)90(17)65(47(8)9)73(103)81-50(12)68(98)83-55(37-44(2)3)74(104)89(16)60(39-46(6)7)76(106)87(14)59(71(101)85-63)41-53-31-24-20-25-32-53/h19-20,22-25,29-32,44-51,54-60,63-65,93H,18,21,26-28,33-43H2,1-17H3,(H,79,97)(H,80,94)(H,81,103)(H,82,102)(H,83,98)(H,84,100)(H,85,101)(H,86,99)/t48-,49-,50-,51+,54-,55-,56-,57-,58-,59-,60-,63-,64-,65-/m0/s1. The second-order valence-electron chi connectivity index (χ2n) is 31.0. The number of ketones is 1. The van der Waals surface area contributed by atoms with Crippen molar-refractivity contribution in [3.05, 3.63) is 71.8 Å². The SMILES string of the molecule is CC[C@H](C)[C@@H]1NC(=O)[C@H](Cc2ccccc2)N(C)C(=O)[C@H](CC(C)C)N(C)C(=O)[C@H](CC(C)C)NC(=O)[C@H](C)NC(=O)[C@H](C(C)C)N(C)C(=O)CNC(=O)[C@H](C)NC(=O)C[C@@H](C(=O)N2CCCCC2)NC(=O)[C@H](CC(C)C)N(C)C(=O)[C@H]([C@@H](C)O)NC(=O)[C@@H]2CCCN2C(=O)C(=O)[C@H](Cc2ccccc2)NC1=O. The number of hydrogen-bond donors (Lipinski definition) is 9. The minimum atomic E-state index is -1.76. The zero-order chi connectivity index (χ0) is 80.7. The van der Waals surface area contributed by atoms with Crippen LogP contribution in [-0.2, 0) is 84.8 Å². The average molecular weight is 1510 g/mol. The van der Waals surface area contributed by atoms with Crippen LogP contribution in [0.1, 0.15) is 165 Å². The number of amides is 14. The van der Waals surface area contributed by atoms with Gasteiger partial charge in [0, 0.05) is 60.7 Å². The van der Waals surface area contributed by atoms with E-state index < -0.39 is 192 Å². The van der Waals surface area contributed by atoms with E-state index in [9.17, 15) is 57.8 Å². The zero-order valence-corrected chi connectivity index (χ0v) is 66.2. The topological polar surface area (TPSA) is 392 Å². The summed E-state index contributed by atoms with van der Waals surface area (Å²) in [4.78, 5) is 226. The molecule has 2 aromatic rings. The molecule has 3 fully saturated rings. The fourth-order valence-electron chi connectivity index (χ4n) is 13.9. The van der Waals surface area contributed by atoms with E-state index in [2.05, 4.69) is 42.5 Å². The first kappa shape index (κ1) is 89.3. The van der Waals surface area contributed by atoms with Crippen molar-refractivity contribution in [2.45, 2.75) is 246 Å². The van der Waals surface area contributed by atoms with Gasteiger partial charge < -0.3 is 77.0 Å². The highest BCUT2D eigenvalue weighted by molar-refractivity contribution is 6.39. The van der Waals surface area contributed by atoms with E-state index in [1.54, 1.807) is 102 Å². The maximum absolute atomic E-state index is 15.4. The summed E-state index contributed by atoms with van der Waals surface area (Å²) in [5.41, 5.74) is 1.15. The highest BCUT2D eigenvalue weighted by atomic mass is 16.3. The number of carbonyl (C=O) groups excluding carboxylic acids is 15. The summed E-state index contributed by atoms with van der Waals surface area (Å²) in [5, 5.41) is 32.7. The molecule has 2 aromatic carbocycles. The van der Waals surface area contributed by atoms with E-state index in [-0.39, 0.29) is 69.2 Å². The number of hydrogen-bond acceptors (Lipinski definition) is 16. The highest BCUT2D eigenvalue weighted by Gasteiger charge is 2.46. The van der Waals surface area contributed by atoms with Crippen molar-refractivity contribution >= 4 is 88.5 Å². The highest BCUT2D eigenvalue weighted by Crippen LogP contribution is 2.25. The molecule has 30 heteroatoms. The molecule has 0 spiro atoms. The molecule has 30 nitrogen and oxygen atoms in total. The molecule has 0 saturated carbocycles. The molecule has 0 aliphatic carbocycles. The molecule has 14 amide bonds. The molecule has 0 bridgehead atoms. The third kappa shape index (κ3) is 25.1. The number of aliphatic hydroxyl groups excluding tert-OH is 1. The van der Waals surface area contributed by atoms with Crippen molar-refractivity contribution in [1.29, 1.82) is 0 Å². The first-order chi connectivity index (χ1) is 50.8. The van der Waals surface area contributed by atoms with Crippen molar-refractivity contribution in [2.75, 3.05) is 54.4 Å². The fraction of sp³-hybridized carbons (Fsp3) is 0.654. The lowest BCUT2D eigenvalue weighted by atomic mass is 9.94. The predicted octanol–water partition coefficient (Wildman–Crippen LogP) is 1.53. The lowest BCUT2D eigenvalue weighted by Crippen LogP contribution is -2.62. The van der Waals surface area contributed by atoms with Gasteiger partial charge in [-0.05, 0) is 113 Å². The number of rotatable bonds is 15. The minimum absolute atomic E-state index is 0.000386. The Kier molecular flexibility index (Phi) is 34.6. The number of nitrogens with one attached hydrogen (secondary N) is 8. The van der Waals surface area contributed by atoms with Crippen molar-refractivity contribution < 1.29 is 77.0 Å². The van der Waals surface area contributed by atoms with Crippen molar-refractivity contribution in [2.24, 2.45) is 29.6 Å². The van der Waals surface area contributed by atoms with E-state index in [1.165, 1.54) is 63.7 Å². The van der Waals surface area contributed by atoms with Gasteiger partial charge in [0.1, 0.15) is 72.5 Å². The van der Waals surface area contributed by atoms with Crippen LogP contribution in [0.25, 0.3) is 0 Å². The van der Waals surface area contributed by atoms with Crippen LogP contribution >= 0.6 is 0 Å². The van der Waals surface area contributed by atoms with Crippen molar-refractivity contribution in [3.8, 4) is 0 Å². The number of piperidine rings is 1. The van der Waals surface area contributed by atoms with E-state index >= 15 is 19.2 Å². The van der Waals surface area contributed by atoms with Gasteiger partial charge in [0.15, 0.2) is 0 Å². The van der Waals surface area contributed by atoms with Gasteiger partial charge in [0.05, 0.1) is 19.1 Å². The maximum atomic E-state index is 15.4. The summed E-state index contributed by atoms with van der Waals surface area (Å²) in [6.07, 6.45) is 0.122. The molecule has 5 rings (SSSR count). The number of aliphatic hydroxyl groups is 1. The second-order valence-corrected chi connectivity index (χ2v) is 31.0. The Balaban J connectivity index is 1.61. The van der Waals surface area contributed by atoms with Gasteiger partial charge in [-0.3, -0.25) is 71.9 Å². The average Bonchev–Trinajstić information content (AvgIpc) is 1.68. The van der Waals surface area contributed by atoms with Crippen molar-refractivity contribution in [3.63, 3.8) is 0 Å². The quantitative estimate of drug-likeness (QED) is 0.114. The Bertz CT molecular complexity index is 3480. The van der Waals surface area contributed by atoms with Gasteiger partial charge in [-0.1, -0.05) is 136 Å². The largest absolute Gasteiger partial charge is 0.391 e. The molecule has 3 aliphatic heterocycles. The van der Waals surface area contributed by atoms with Gasteiger partial charge in [-0.25, -0.2) is 0 Å². The number of Topliss-reactive ketones (excluding diaryl/α,β-unsaturated/α-hetero) is 1. The molecule has 3 heterocycles. The van der Waals surface area contributed by atoms with Crippen LogP contribution in [-0.4, -0.2) is 256 Å². The van der Waals surface area contributed by atoms with Gasteiger partial charge in [0.25, 0.3) is 5.91 Å². The molecule has 0 radical (unpaired) electrons. The normalized spacial score (nSPS) is 26.8. The molecule has 3 saturated heterocycles. The van der Waals surface area contributed by atoms with Gasteiger partial charge in [0.2, 0.25) is 82.6 Å². The van der Waals surface area contributed by atoms with Crippen LogP contribution in [0.15, 0.2) is 60.7 Å². The number of likely N-dealkylation sites (N-methyl/N-ethyl adjacent to an activating group) is 4. The Labute approximate surface area is 636 Å². The summed E-state index contributed by atoms with van der Waals surface area (Å²) >= 11 is 0. The first-order valence-electron chi connectivity index (χ1n) is 38.1. The second kappa shape index (κ2) is 41.8. The Morgan fingerprint density at radius 3 is 1.56 bits per heavy atom.